The maximum absolute atomic E-state index is 12.3. The van der Waals surface area contributed by atoms with Crippen molar-refractivity contribution in [2.45, 2.75) is 20.0 Å². The number of aromatic amines is 1. The second kappa shape index (κ2) is 6.56. The molecule has 0 radical (unpaired) electrons. The van der Waals surface area contributed by atoms with E-state index in [-0.39, 0.29) is 5.56 Å². The van der Waals surface area contributed by atoms with Gasteiger partial charge in [-0.25, -0.2) is 0 Å². The van der Waals surface area contributed by atoms with Crippen molar-refractivity contribution in [3.63, 3.8) is 0 Å². The Morgan fingerprint density at radius 1 is 1.22 bits per heavy atom. The predicted molar refractivity (Wildman–Crippen MR) is 95.3 cm³/mol. The third-order valence-corrected chi connectivity index (χ3v) is 4.96. The van der Waals surface area contributed by atoms with Crippen LogP contribution in [0.15, 0.2) is 40.5 Å². The van der Waals surface area contributed by atoms with Gasteiger partial charge in [-0.05, 0) is 55.2 Å². The lowest BCUT2D eigenvalue weighted by atomic mass is 10.1. The van der Waals surface area contributed by atoms with E-state index in [2.05, 4.69) is 28.3 Å². The van der Waals surface area contributed by atoms with Crippen molar-refractivity contribution in [2.24, 2.45) is 0 Å². The molecule has 3 aromatic rings. The van der Waals surface area contributed by atoms with E-state index >= 15 is 0 Å². The Balaban J connectivity index is 1.85. The molecule has 0 aliphatic heterocycles. The highest BCUT2D eigenvalue weighted by molar-refractivity contribution is 7.10. The lowest BCUT2D eigenvalue weighted by molar-refractivity contribution is 0.320. The summed E-state index contributed by atoms with van der Waals surface area (Å²) >= 11 is 1.76. The maximum Gasteiger partial charge on any atom is 0.252 e. The molecule has 0 amide bonds. The summed E-state index contributed by atoms with van der Waals surface area (Å²) in [6.45, 7) is 3.58. The molecule has 120 valence electrons. The number of ether oxygens (including phenoxy) is 1. The summed E-state index contributed by atoms with van der Waals surface area (Å²) in [6.07, 6.45) is 0. The highest BCUT2D eigenvalue weighted by Crippen LogP contribution is 2.20. The molecular weight excluding hydrogens is 308 g/mol. The van der Waals surface area contributed by atoms with Gasteiger partial charge in [0.2, 0.25) is 0 Å². The lowest BCUT2D eigenvalue weighted by Gasteiger charge is -2.16. The standard InChI is InChI=1S/C18H20N2O2S/c1-12-6-7-23-17(12)11-20(2)10-14-8-13-9-15(22-3)4-5-16(13)19-18(14)21/h4-9H,10-11H2,1-3H3,(H,19,21). The van der Waals surface area contributed by atoms with Crippen LogP contribution in [0.4, 0.5) is 0 Å². The number of pyridine rings is 1. The SMILES string of the molecule is COc1ccc2[nH]c(=O)c(CN(C)Cc3sccc3C)cc2c1. The van der Waals surface area contributed by atoms with E-state index < -0.39 is 0 Å². The third-order valence-electron chi connectivity index (χ3n) is 3.95. The van der Waals surface area contributed by atoms with E-state index in [9.17, 15) is 4.79 Å². The molecule has 23 heavy (non-hydrogen) atoms. The summed E-state index contributed by atoms with van der Waals surface area (Å²) in [5.74, 6) is 0.790. The molecule has 2 aromatic heterocycles. The Morgan fingerprint density at radius 3 is 2.74 bits per heavy atom. The Labute approximate surface area is 139 Å². The van der Waals surface area contributed by atoms with Gasteiger partial charge in [0.05, 0.1) is 7.11 Å². The normalized spacial score (nSPS) is 11.3. The fraction of sp³-hybridized carbons (Fsp3) is 0.278. The number of rotatable bonds is 5. The second-order valence-corrected chi connectivity index (χ2v) is 6.78. The number of H-pyrrole nitrogens is 1. The first-order valence-corrected chi connectivity index (χ1v) is 8.36. The topological polar surface area (TPSA) is 45.3 Å². The van der Waals surface area contributed by atoms with Crippen molar-refractivity contribution in [3.05, 3.63) is 62.1 Å². The molecule has 4 nitrogen and oxygen atoms in total. The Morgan fingerprint density at radius 2 is 2.04 bits per heavy atom. The first-order chi connectivity index (χ1) is 11.1. The number of nitrogens with one attached hydrogen (secondary N) is 1. The molecule has 0 atom stereocenters. The summed E-state index contributed by atoms with van der Waals surface area (Å²) in [5.41, 5.74) is 2.87. The smallest absolute Gasteiger partial charge is 0.252 e. The molecule has 2 heterocycles. The molecule has 0 saturated heterocycles. The highest BCUT2D eigenvalue weighted by atomic mass is 32.1. The molecular formula is C18H20N2O2S. The van der Waals surface area contributed by atoms with Crippen LogP contribution in [0.5, 0.6) is 5.75 Å². The second-order valence-electron chi connectivity index (χ2n) is 5.78. The summed E-state index contributed by atoms with van der Waals surface area (Å²) in [5, 5.41) is 3.09. The lowest BCUT2D eigenvalue weighted by Crippen LogP contribution is -2.23. The van der Waals surface area contributed by atoms with Gasteiger partial charge in [0.25, 0.3) is 5.56 Å². The number of thiophene rings is 1. The average Bonchev–Trinajstić information content (AvgIpc) is 2.92. The number of hydrogen-bond donors (Lipinski definition) is 1. The molecule has 1 N–H and O–H groups in total. The van der Waals surface area contributed by atoms with Crippen LogP contribution < -0.4 is 10.3 Å². The molecule has 3 rings (SSSR count). The van der Waals surface area contributed by atoms with E-state index in [1.807, 2.05) is 31.3 Å². The summed E-state index contributed by atoms with van der Waals surface area (Å²) < 4.78 is 5.26. The number of benzene rings is 1. The zero-order chi connectivity index (χ0) is 16.4. The van der Waals surface area contributed by atoms with Gasteiger partial charge in [-0.1, -0.05) is 0 Å². The van der Waals surface area contributed by atoms with E-state index in [4.69, 9.17) is 4.74 Å². The molecule has 0 aliphatic carbocycles. The van der Waals surface area contributed by atoms with Gasteiger partial charge in [-0.15, -0.1) is 11.3 Å². The van der Waals surface area contributed by atoms with Crippen molar-refractivity contribution < 1.29 is 4.74 Å². The summed E-state index contributed by atoms with van der Waals surface area (Å²) in [7, 11) is 3.68. The van der Waals surface area contributed by atoms with Crippen molar-refractivity contribution >= 4 is 22.2 Å². The van der Waals surface area contributed by atoms with Gasteiger partial charge in [0, 0.05) is 34.4 Å². The molecule has 0 spiro atoms. The van der Waals surface area contributed by atoms with Gasteiger partial charge in [-0.2, -0.15) is 0 Å². The van der Waals surface area contributed by atoms with Gasteiger partial charge >= 0.3 is 0 Å². The largest absolute Gasteiger partial charge is 0.497 e. The summed E-state index contributed by atoms with van der Waals surface area (Å²) in [4.78, 5) is 18.7. The first kappa shape index (κ1) is 15.8. The van der Waals surface area contributed by atoms with E-state index in [0.29, 0.717) is 6.54 Å². The zero-order valence-corrected chi connectivity index (χ0v) is 14.4. The Hall–Kier alpha value is -2.11. The highest BCUT2D eigenvalue weighted by Gasteiger charge is 2.09. The fourth-order valence-corrected chi connectivity index (χ4v) is 3.62. The van der Waals surface area contributed by atoms with Crippen LogP contribution in [0.1, 0.15) is 16.0 Å². The van der Waals surface area contributed by atoms with Gasteiger partial charge < -0.3 is 9.72 Å². The molecule has 0 saturated carbocycles. The number of aryl methyl sites for hydroxylation is 1. The van der Waals surface area contributed by atoms with Crippen LogP contribution >= 0.6 is 11.3 Å². The molecule has 0 fully saturated rings. The van der Waals surface area contributed by atoms with Gasteiger partial charge in [-0.3, -0.25) is 9.69 Å². The van der Waals surface area contributed by atoms with Crippen LogP contribution in [0.25, 0.3) is 10.9 Å². The van der Waals surface area contributed by atoms with Crippen molar-refractivity contribution in [2.75, 3.05) is 14.2 Å². The minimum atomic E-state index is -0.0302. The number of fused-ring (bicyclic) bond motifs is 1. The van der Waals surface area contributed by atoms with Crippen LogP contribution in [0, 0.1) is 6.92 Å². The zero-order valence-electron chi connectivity index (χ0n) is 13.6. The third kappa shape index (κ3) is 3.46. The van der Waals surface area contributed by atoms with Crippen LogP contribution in [-0.4, -0.2) is 24.0 Å². The van der Waals surface area contributed by atoms with Crippen molar-refractivity contribution in [1.82, 2.24) is 9.88 Å². The monoisotopic (exact) mass is 328 g/mol. The number of hydrogen-bond acceptors (Lipinski definition) is 4. The first-order valence-electron chi connectivity index (χ1n) is 7.48. The Bertz CT molecular complexity index is 882. The predicted octanol–water partition coefficient (Wildman–Crippen LogP) is 3.54. The molecule has 5 heteroatoms. The quantitative estimate of drug-likeness (QED) is 0.779. The van der Waals surface area contributed by atoms with Crippen LogP contribution in [0.2, 0.25) is 0 Å². The van der Waals surface area contributed by atoms with Gasteiger partial charge in [0.15, 0.2) is 0 Å². The van der Waals surface area contributed by atoms with Crippen LogP contribution in [0.3, 0.4) is 0 Å². The number of nitrogens with zero attached hydrogens (tertiary/aromatic N) is 1. The fourth-order valence-electron chi connectivity index (χ4n) is 2.63. The van der Waals surface area contributed by atoms with Crippen LogP contribution in [-0.2, 0) is 13.1 Å². The number of aromatic nitrogens is 1. The minimum absolute atomic E-state index is 0.0302. The molecule has 0 aliphatic rings. The van der Waals surface area contributed by atoms with Gasteiger partial charge in [0.1, 0.15) is 5.75 Å². The minimum Gasteiger partial charge on any atom is -0.497 e. The Kier molecular flexibility index (Phi) is 4.50. The molecule has 1 aromatic carbocycles. The average molecular weight is 328 g/mol. The van der Waals surface area contributed by atoms with E-state index in [0.717, 1.165) is 28.8 Å². The molecule has 0 unspecified atom stereocenters. The van der Waals surface area contributed by atoms with E-state index in [1.165, 1.54) is 10.4 Å². The molecule has 0 bridgehead atoms. The van der Waals surface area contributed by atoms with Crippen molar-refractivity contribution in [1.29, 1.82) is 0 Å². The maximum atomic E-state index is 12.3. The number of methoxy groups -OCH3 is 1. The van der Waals surface area contributed by atoms with E-state index in [1.54, 1.807) is 18.4 Å². The van der Waals surface area contributed by atoms with Crippen molar-refractivity contribution in [3.8, 4) is 5.75 Å². The summed E-state index contributed by atoms with van der Waals surface area (Å²) in [6, 6.07) is 9.75.